The van der Waals surface area contributed by atoms with Crippen molar-refractivity contribution in [2.75, 3.05) is 13.2 Å². The van der Waals surface area contributed by atoms with Gasteiger partial charge >= 0.3 is 0 Å². The number of hydrogen-bond donors (Lipinski definition) is 1. The van der Waals surface area contributed by atoms with Crippen molar-refractivity contribution in [2.24, 2.45) is 5.92 Å². The summed E-state index contributed by atoms with van der Waals surface area (Å²) in [7, 11) is 0. The molecule has 0 radical (unpaired) electrons. The summed E-state index contributed by atoms with van der Waals surface area (Å²) in [5, 5.41) is 13.1. The average molecular weight is 271 g/mol. The summed E-state index contributed by atoms with van der Waals surface area (Å²) in [6.45, 7) is 9.03. The van der Waals surface area contributed by atoms with Crippen molar-refractivity contribution in [1.82, 2.24) is 15.5 Å². The largest absolute Gasteiger partial charge is 0.469 e. The van der Waals surface area contributed by atoms with Gasteiger partial charge in [-0.2, -0.15) is 0 Å². The molecule has 0 saturated heterocycles. The maximum atomic E-state index is 5.73. The van der Waals surface area contributed by atoms with Crippen LogP contribution in [-0.2, 0) is 6.54 Å². The molecular weight excluding hydrogens is 246 g/mol. The molecular formula is C13H25N3OS. The molecule has 104 valence electrons. The quantitative estimate of drug-likeness (QED) is 0.709. The van der Waals surface area contributed by atoms with E-state index in [2.05, 4.69) is 36.3 Å². The van der Waals surface area contributed by atoms with Gasteiger partial charge in [-0.1, -0.05) is 51.4 Å². The van der Waals surface area contributed by atoms with Crippen LogP contribution in [0.4, 0.5) is 0 Å². The van der Waals surface area contributed by atoms with Gasteiger partial charge in [0.1, 0.15) is 5.01 Å². The zero-order valence-electron chi connectivity index (χ0n) is 11.7. The molecule has 1 heterocycles. The number of rotatable bonds is 10. The number of aromatic nitrogens is 2. The van der Waals surface area contributed by atoms with Crippen molar-refractivity contribution >= 4 is 11.3 Å². The van der Waals surface area contributed by atoms with Crippen molar-refractivity contribution in [3.05, 3.63) is 5.01 Å². The van der Waals surface area contributed by atoms with Gasteiger partial charge in [0, 0.05) is 6.54 Å². The van der Waals surface area contributed by atoms with Crippen LogP contribution in [0.3, 0.4) is 0 Å². The summed E-state index contributed by atoms with van der Waals surface area (Å²) >= 11 is 1.54. The third-order valence-corrected chi connectivity index (χ3v) is 3.80. The molecule has 1 rings (SSSR count). The fraction of sp³-hybridized carbons (Fsp3) is 0.846. The van der Waals surface area contributed by atoms with E-state index in [1.807, 2.05) is 0 Å². The van der Waals surface area contributed by atoms with E-state index >= 15 is 0 Å². The molecule has 1 N–H and O–H groups in total. The Morgan fingerprint density at radius 2 is 2.11 bits per heavy atom. The van der Waals surface area contributed by atoms with Crippen LogP contribution in [0.5, 0.6) is 5.19 Å². The lowest BCUT2D eigenvalue weighted by Crippen LogP contribution is -2.11. The Hall–Kier alpha value is -0.680. The highest BCUT2D eigenvalue weighted by Crippen LogP contribution is 2.20. The van der Waals surface area contributed by atoms with E-state index in [0.717, 1.165) is 24.7 Å². The molecule has 0 aliphatic rings. The van der Waals surface area contributed by atoms with E-state index < -0.39 is 0 Å². The normalized spacial score (nSPS) is 12.6. The second-order valence-corrected chi connectivity index (χ2v) is 5.49. The molecule has 5 heteroatoms. The van der Waals surface area contributed by atoms with Gasteiger partial charge < -0.3 is 10.1 Å². The monoisotopic (exact) mass is 271 g/mol. The van der Waals surface area contributed by atoms with Crippen LogP contribution in [-0.4, -0.2) is 23.3 Å². The lowest BCUT2D eigenvalue weighted by molar-refractivity contribution is 0.231. The molecule has 0 bridgehead atoms. The Bertz CT molecular complexity index is 317. The molecule has 1 aromatic heterocycles. The minimum absolute atomic E-state index is 0.645. The van der Waals surface area contributed by atoms with Crippen molar-refractivity contribution < 1.29 is 4.74 Å². The number of unbranched alkanes of at least 4 members (excludes halogenated alkanes) is 1. The zero-order chi connectivity index (χ0) is 13.2. The van der Waals surface area contributed by atoms with Crippen LogP contribution < -0.4 is 10.1 Å². The molecule has 0 aliphatic heterocycles. The topological polar surface area (TPSA) is 47.0 Å². The highest BCUT2D eigenvalue weighted by Gasteiger charge is 2.09. The van der Waals surface area contributed by atoms with Gasteiger partial charge in [0.25, 0.3) is 5.19 Å². The molecule has 4 nitrogen and oxygen atoms in total. The van der Waals surface area contributed by atoms with Gasteiger partial charge in [0.05, 0.1) is 6.61 Å². The van der Waals surface area contributed by atoms with E-state index in [9.17, 15) is 0 Å². The van der Waals surface area contributed by atoms with Gasteiger partial charge in [0.2, 0.25) is 0 Å². The molecule has 1 atom stereocenters. The number of nitrogens with zero attached hydrogens (tertiary/aromatic N) is 2. The van der Waals surface area contributed by atoms with Crippen LogP contribution in [0.15, 0.2) is 0 Å². The third kappa shape index (κ3) is 5.78. The summed E-state index contributed by atoms with van der Waals surface area (Å²) in [6, 6.07) is 0. The Labute approximate surface area is 114 Å². The van der Waals surface area contributed by atoms with E-state index in [0.29, 0.717) is 11.1 Å². The summed E-state index contributed by atoms with van der Waals surface area (Å²) in [5.74, 6) is 0.645. The van der Waals surface area contributed by atoms with Crippen molar-refractivity contribution in [2.45, 2.75) is 53.0 Å². The number of hydrogen-bond acceptors (Lipinski definition) is 5. The van der Waals surface area contributed by atoms with E-state index in [1.165, 1.54) is 25.7 Å². The van der Waals surface area contributed by atoms with E-state index in [1.54, 1.807) is 11.3 Å². The molecule has 1 aromatic rings. The zero-order valence-corrected chi connectivity index (χ0v) is 12.6. The Kier molecular flexibility index (Phi) is 7.93. The van der Waals surface area contributed by atoms with Gasteiger partial charge in [-0.25, -0.2) is 0 Å². The van der Waals surface area contributed by atoms with Crippen LogP contribution in [0.1, 0.15) is 51.5 Å². The highest BCUT2D eigenvalue weighted by atomic mass is 32.1. The number of nitrogens with one attached hydrogen (secondary N) is 1. The second-order valence-electron chi connectivity index (χ2n) is 4.47. The molecule has 0 amide bonds. The minimum atomic E-state index is 0.645. The highest BCUT2D eigenvalue weighted by molar-refractivity contribution is 7.13. The molecule has 0 saturated carbocycles. The Balaban J connectivity index is 2.30. The first-order valence-electron chi connectivity index (χ1n) is 6.95. The lowest BCUT2D eigenvalue weighted by Gasteiger charge is -2.13. The Morgan fingerprint density at radius 3 is 2.78 bits per heavy atom. The first kappa shape index (κ1) is 15.4. The fourth-order valence-corrected chi connectivity index (χ4v) is 2.35. The first-order valence-corrected chi connectivity index (χ1v) is 7.77. The van der Waals surface area contributed by atoms with Crippen molar-refractivity contribution in [3.63, 3.8) is 0 Å². The Morgan fingerprint density at radius 1 is 1.28 bits per heavy atom. The fourth-order valence-electron chi connectivity index (χ4n) is 1.69. The van der Waals surface area contributed by atoms with Gasteiger partial charge in [-0.05, 0) is 18.9 Å². The summed E-state index contributed by atoms with van der Waals surface area (Å²) in [5.41, 5.74) is 0. The molecule has 0 aromatic carbocycles. The van der Waals surface area contributed by atoms with Crippen LogP contribution in [0.2, 0.25) is 0 Å². The smallest absolute Gasteiger partial charge is 0.294 e. The van der Waals surface area contributed by atoms with Crippen LogP contribution in [0.25, 0.3) is 0 Å². The predicted octanol–water partition coefficient (Wildman–Crippen LogP) is 3.24. The molecule has 18 heavy (non-hydrogen) atoms. The third-order valence-electron chi connectivity index (χ3n) is 2.96. The first-order chi connectivity index (χ1) is 8.80. The van der Waals surface area contributed by atoms with Gasteiger partial charge in [-0.3, -0.25) is 0 Å². The van der Waals surface area contributed by atoms with Crippen LogP contribution >= 0.6 is 11.3 Å². The lowest BCUT2D eigenvalue weighted by atomic mass is 10.0. The number of ether oxygens (including phenoxy) is 1. The van der Waals surface area contributed by atoms with Gasteiger partial charge in [0.15, 0.2) is 0 Å². The van der Waals surface area contributed by atoms with Crippen molar-refractivity contribution in [3.8, 4) is 5.19 Å². The van der Waals surface area contributed by atoms with Gasteiger partial charge in [-0.15, -0.1) is 10.2 Å². The van der Waals surface area contributed by atoms with Crippen molar-refractivity contribution in [1.29, 1.82) is 0 Å². The van der Waals surface area contributed by atoms with E-state index in [-0.39, 0.29) is 0 Å². The maximum absolute atomic E-state index is 5.73. The predicted molar refractivity (Wildman–Crippen MR) is 76.1 cm³/mol. The summed E-state index contributed by atoms with van der Waals surface area (Å²) in [6.07, 6.45) is 4.95. The summed E-state index contributed by atoms with van der Waals surface area (Å²) < 4.78 is 5.73. The standard InChI is InChI=1S/C13H25N3OS/c1-4-7-8-11(5-2)10-17-13-16-15-12(18-13)9-14-6-3/h11,14H,4-10H2,1-3H3. The van der Waals surface area contributed by atoms with E-state index in [4.69, 9.17) is 4.74 Å². The average Bonchev–Trinajstić information content (AvgIpc) is 2.84. The van der Waals surface area contributed by atoms with Crippen LogP contribution in [0, 0.1) is 5.92 Å². The second kappa shape index (κ2) is 9.28. The SMILES string of the molecule is CCCCC(CC)COc1nnc(CNCC)s1. The maximum Gasteiger partial charge on any atom is 0.294 e. The summed E-state index contributed by atoms with van der Waals surface area (Å²) in [4.78, 5) is 0. The molecule has 1 unspecified atom stereocenters. The molecule has 0 aliphatic carbocycles. The molecule has 0 spiro atoms. The minimum Gasteiger partial charge on any atom is -0.469 e. The molecule has 0 fully saturated rings.